The van der Waals surface area contributed by atoms with E-state index in [4.69, 9.17) is 0 Å². The molecule has 1 N–H and O–H groups in total. The van der Waals surface area contributed by atoms with E-state index in [1.54, 1.807) is 30.6 Å². The monoisotopic (exact) mass is 623 g/mol. The highest BCUT2D eigenvalue weighted by Gasteiger charge is 2.57. The van der Waals surface area contributed by atoms with Crippen LogP contribution in [0.3, 0.4) is 0 Å². The molecular formula is C31H21N5O6S2. The smallest absolute Gasteiger partial charge is 0.308 e. The molecule has 1 saturated heterocycles. The molecule has 0 spiro atoms. The Balaban J connectivity index is 1.26. The average molecular weight is 624 g/mol. The minimum absolute atomic E-state index is 0.166. The summed E-state index contributed by atoms with van der Waals surface area (Å²) in [5.74, 6) is -2.89. The van der Waals surface area contributed by atoms with Crippen molar-refractivity contribution < 1.29 is 19.3 Å². The molecule has 2 aromatic heterocycles. The molecule has 0 bridgehead atoms. The summed E-state index contributed by atoms with van der Waals surface area (Å²) in [5, 5.41) is 15.4. The number of imide groups is 1. The van der Waals surface area contributed by atoms with Gasteiger partial charge in [-0.15, -0.1) is 0 Å². The van der Waals surface area contributed by atoms with Crippen LogP contribution in [-0.4, -0.2) is 37.4 Å². The number of nitro benzene ring substituents is 1. The lowest BCUT2D eigenvalue weighted by atomic mass is 9.84. The Bertz CT molecular complexity index is 2040. The Morgan fingerprint density at radius 2 is 1.73 bits per heavy atom. The van der Waals surface area contributed by atoms with E-state index in [2.05, 4.69) is 10.3 Å². The quantitative estimate of drug-likeness (QED) is 0.161. The van der Waals surface area contributed by atoms with Gasteiger partial charge in [-0.05, 0) is 35.2 Å². The van der Waals surface area contributed by atoms with Gasteiger partial charge in [0.25, 0.3) is 5.69 Å². The lowest BCUT2D eigenvalue weighted by Gasteiger charge is -2.30. The minimum Gasteiger partial charge on any atom is -0.324 e. The van der Waals surface area contributed by atoms with E-state index in [0.717, 1.165) is 38.8 Å². The van der Waals surface area contributed by atoms with E-state index in [-0.39, 0.29) is 22.8 Å². The molecule has 2 unspecified atom stereocenters. The van der Waals surface area contributed by atoms with Crippen LogP contribution in [0.2, 0.25) is 0 Å². The first-order chi connectivity index (χ1) is 21.3. The van der Waals surface area contributed by atoms with Crippen molar-refractivity contribution in [3.63, 3.8) is 0 Å². The second-order valence-electron chi connectivity index (χ2n) is 10.3. The highest BCUT2D eigenvalue weighted by atomic mass is 32.2. The number of rotatable bonds is 6. The van der Waals surface area contributed by atoms with E-state index < -0.39 is 39.7 Å². The van der Waals surface area contributed by atoms with Gasteiger partial charge in [-0.2, -0.15) is 0 Å². The Morgan fingerprint density at radius 1 is 0.955 bits per heavy atom. The molecular weight excluding hydrogens is 603 g/mol. The number of nitro groups is 1. The molecule has 5 aromatic rings. The molecule has 218 valence electrons. The standard InChI is InChI=1S/C31H21N5O6S2/c37-23(33-22-9-3-6-17-5-1-2-8-21(17)22)16-34-30-27(44-31(34)40)24(18-7-4-14-32-15-18)25-26(43-30)29(39)35(28(25)38)19-10-12-20(13-11-19)36(41)42/h1-15,24-26H,16H2,(H,33,37)/t24-,25?,26?/m1/s1. The fourth-order valence-corrected chi connectivity index (χ4v) is 8.59. The molecule has 3 aromatic carbocycles. The van der Waals surface area contributed by atoms with Crippen molar-refractivity contribution in [2.75, 3.05) is 10.2 Å². The fourth-order valence-electron chi connectivity index (χ4n) is 5.82. The summed E-state index contributed by atoms with van der Waals surface area (Å²) in [7, 11) is 0. The van der Waals surface area contributed by atoms with Crippen molar-refractivity contribution in [2.24, 2.45) is 5.92 Å². The van der Waals surface area contributed by atoms with Crippen LogP contribution in [0.1, 0.15) is 16.4 Å². The average Bonchev–Trinajstić information content (AvgIpc) is 3.47. The van der Waals surface area contributed by atoms with E-state index >= 15 is 0 Å². The summed E-state index contributed by atoms with van der Waals surface area (Å²) in [5.41, 5.74) is 1.33. The molecule has 0 aliphatic carbocycles. The van der Waals surface area contributed by atoms with Gasteiger partial charge in [-0.3, -0.25) is 38.8 Å². The van der Waals surface area contributed by atoms with Gasteiger partial charge in [0.05, 0.1) is 21.6 Å². The number of aromatic nitrogens is 2. The number of hydrogen-bond donors (Lipinski definition) is 1. The van der Waals surface area contributed by atoms with Crippen LogP contribution in [-0.2, 0) is 20.9 Å². The zero-order chi connectivity index (χ0) is 30.5. The van der Waals surface area contributed by atoms with Gasteiger partial charge >= 0.3 is 4.87 Å². The second-order valence-corrected chi connectivity index (χ2v) is 12.4. The summed E-state index contributed by atoms with van der Waals surface area (Å²) in [4.78, 5) is 70.5. The minimum atomic E-state index is -0.892. The zero-order valence-corrected chi connectivity index (χ0v) is 24.3. The molecule has 2 aliphatic heterocycles. The lowest BCUT2D eigenvalue weighted by molar-refractivity contribution is -0.384. The number of carbonyl (C=O) groups excluding carboxylic acids is 3. The molecule has 13 heteroatoms. The molecule has 3 amide bonds. The number of fused-ring (bicyclic) bond motifs is 3. The third-order valence-electron chi connectivity index (χ3n) is 7.78. The summed E-state index contributed by atoms with van der Waals surface area (Å²) in [6.45, 7) is -0.285. The predicted molar refractivity (Wildman–Crippen MR) is 166 cm³/mol. The van der Waals surface area contributed by atoms with Crippen molar-refractivity contribution in [1.82, 2.24) is 9.55 Å². The van der Waals surface area contributed by atoms with E-state index in [1.807, 2.05) is 36.4 Å². The SMILES string of the molecule is O=C(Cn1c2c(sc1=O)[C@H](c1cccnc1)C1C(=O)N(c3ccc([N+](=O)[O-])cc3)C(=O)C1S2)Nc1cccc2ccccc12. The summed E-state index contributed by atoms with van der Waals surface area (Å²) >= 11 is 2.04. The third kappa shape index (κ3) is 4.57. The molecule has 1 fully saturated rings. The van der Waals surface area contributed by atoms with Gasteiger partial charge in [-0.25, -0.2) is 4.90 Å². The molecule has 0 saturated carbocycles. The predicted octanol–water partition coefficient (Wildman–Crippen LogP) is 4.80. The Kier molecular flexibility index (Phi) is 6.82. The molecule has 7 rings (SSSR count). The highest BCUT2D eigenvalue weighted by Crippen LogP contribution is 2.53. The first-order valence-electron chi connectivity index (χ1n) is 13.5. The van der Waals surface area contributed by atoms with E-state index in [9.17, 15) is 29.3 Å². The largest absolute Gasteiger partial charge is 0.324 e. The number of amides is 3. The van der Waals surface area contributed by atoms with Gasteiger partial charge < -0.3 is 5.32 Å². The zero-order valence-electron chi connectivity index (χ0n) is 22.7. The molecule has 44 heavy (non-hydrogen) atoms. The normalized spacial score (nSPS) is 19.1. The van der Waals surface area contributed by atoms with Crippen LogP contribution in [0.25, 0.3) is 10.8 Å². The molecule has 2 aliphatic rings. The molecule has 4 heterocycles. The topological polar surface area (TPSA) is 145 Å². The summed E-state index contributed by atoms with van der Waals surface area (Å²) in [6, 6.07) is 21.9. The van der Waals surface area contributed by atoms with E-state index in [0.29, 0.717) is 21.2 Å². The van der Waals surface area contributed by atoms with Crippen LogP contribution < -0.4 is 15.1 Å². The molecule has 11 nitrogen and oxygen atoms in total. The van der Waals surface area contributed by atoms with E-state index in [1.165, 1.54) is 28.8 Å². The number of thiazole rings is 1. The number of benzene rings is 3. The molecule has 0 radical (unpaired) electrons. The van der Waals surface area contributed by atoms with Crippen molar-refractivity contribution >= 4 is 68.7 Å². The number of nitrogens with one attached hydrogen (secondary N) is 1. The Morgan fingerprint density at radius 3 is 2.48 bits per heavy atom. The summed E-state index contributed by atoms with van der Waals surface area (Å²) in [6.07, 6.45) is 3.20. The second kappa shape index (κ2) is 10.8. The number of hydrogen-bond acceptors (Lipinski definition) is 9. The van der Waals surface area contributed by atoms with Gasteiger partial charge in [0, 0.05) is 46.4 Å². The van der Waals surface area contributed by atoms with Crippen LogP contribution in [0.4, 0.5) is 17.1 Å². The van der Waals surface area contributed by atoms with Gasteiger partial charge in [-0.1, -0.05) is 65.6 Å². The number of carbonyl (C=O) groups is 3. The van der Waals surface area contributed by atoms with Gasteiger partial charge in [0.1, 0.15) is 11.8 Å². The van der Waals surface area contributed by atoms with Crippen molar-refractivity contribution in [3.05, 3.63) is 121 Å². The van der Waals surface area contributed by atoms with Crippen molar-refractivity contribution in [2.45, 2.75) is 22.7 Å². The number of pyridine rings is 1. The van der Waals surface area contributed by atoms with Crippen LogP contribution in [0.5, 0.6) is 0 Å². The first-order valence-corrected chi connectivity index (χ1v) is 15.2. The van der Waals surface area contributed by atoms with Crippen LogP contribution in [0.15, 0.2) is 101 Å². The lowest BCUT2D eigenvalue weighted by Crippen LogP contribution is -2.33. The van der Waals surface area contributed by atoms with Crippen LogP contribution in [0, 0.1) is 16.0 Å². The molecule has 3 atom stereocenters. The number of thioether (sulfide) groups is 1. The first kappa shape index (κ1) is 27.7. The number of non-ortho nitro benzene ring substituents is 1. The van der Waals surface area contributed by atoms with Crippen molar-refractivity contribution in [3.8, 4) is 0 Å². The fraction of sp³-hybridized carbons (Fsp3) is 0.129. The summed E-state index contributed by atoms with van der Waals surface area (Å²) < 4.78 is 1.36. The maximum atomic E-state index is 13.9. The van der Waals surface area contributed by atoms with Crippen molar-refractivity contribution in [1.29, 1.82) is 0 Å². The maximum absolute atomic E-state index is 13.9. The Hall–Kier alpha value is -5.14. The van der Waals surface area contributed by atoms with Gasteiger partial charge in [0.2, 0.25) is 17.7 Å². The Labute approximate surface area is 257 Å². The van der Waals surface area contributed by atoms with Crippen LogP contribution >= 0.6 is 23.1 Å². The highest BCUT2D eigenvalue weighted by molar-refractivity contribution is 8.00. The maximum Gasteiger partial charge on any atom is 0.308 e. The number of nitrogens with zero attached hydrogens (tertiary/aromatic N) is 4. The number of anilines is 2. The van der Waals surface area contributed by atoms with Gasteiger partial charge in [0.15, 0.2) is 0 Å². The third-order valence-corrected chi connectivity index (χ3v) is 10.4.